The topological polar surface area (TPSA) is 85.3 Å². The predicted octanol–water partition coefficient (Wildman–Crippen LogP) is 2.84. The Morgan fingerprint density at radius 1 is 1.20 bits per heavy atom. The average Bonchev–Trinajstić information content (AvgIpc) is 2.76. The number of hydrogen-bond acceptors (Lipinski definition) is 3. The Hall–Kier alpha value is -1.98. The van der Waals surface area contributed by atoms with E-state index in [1.807, 2.05) is 0 Å². The van der Waals surface area contributed by atoms with Gasteiger partial charge in [-0.2, -0.15) is 0 Å². The van der Waals surface area contributed by atoms with Crippen LogP contribution < -0.4 is 5.73 Å². The van der Waals surface area contributed by atoms with E-state index in [2.05, 4.69) is 0 Å². The van der Waals surface area contributed by atoms with Gasteiger partial charge in [-0.3, -0.25) is 4.79 Å². The smallest absolute Gasteiger partial charge is 0.352 e. The minimum Gasteiger partial charge on any atom is -0.477 e. The van der Waals surface area contributed by atoms with Crippen LogP contribution in [0.5, 0.6) is 0 Å². The van der Waals surface area contributed by atoms with Crippen LogP contribution in [0.1, 0.15) is 26.4 Å². The molecule has 2 aromatic rings. The number of halogens is 2. The molecule has 1 aromatic carbocycles. The maximum Gasteiger partial charge on any atom is 0.352 e. The number of nitrogens with zero attached hydrogens (tertiary/aromatic N) is 1. The number of carbonyl (C=O) groups excluding carboxylic acids is 1. The normalized spacial score (nSPS) is 10.6. The average molecular weight is 313 g/mol. The molecule has 0 aliphatic heterocycles. The lowest BCUT2D eigenvalue weighted by Crippen LogP contribution is -2.02. The second-order valence-electron chi connectivity index (χ2n) is 4.22. The van der Waals surface area contributed by atoms with E-state index in [4.69, 9.17) is 34.0 Å². The first-order valence-corrected chi connectivity index (χ1v) is 6.25. The second-order valence-corrected chi connectivity index (χ2v) is 5.01. The Kier molecular flexibility index (Phi) is 3.74. The van der Waals surface area contributed by atoms with E-state index in [0.717, 1.165) is 0 Å². The van der Waals surface area contributed by atoms with Crippen LogP contribution in [0.15, 0.2) is 24.4 Å². The highest BCUT2D eigenvalue weighted by molar-refractivity contribution is 6.44. The number of hydrogen-bond donors (Lipinski definition) is 2. The van der Waals surface area contributed by atoms with Crippen molar-refractivity contribution in [2.45, 2.75) is 0 Å². The summed E-state index contributed by atoms with van der Waals surface area (Å²) in [6, 6.07) is 4.10. The Balaban J connectivity index is 2.46. The summed E-state index contributed by atoms with van der Waals surface area (Å²) in [6.07, 6.45) is 1.44. The van der Waals surface area contributed by atoms with Crippen molar-refractivity contribution >= 4 is 40.6 Å². The zero-order chi connectivity index (χ0) is 15.0. The summed E-state index contributed by atoms with van der Waals surface area (Å²) in [6.45, 7) is 0. The SMILES string of the molecule is Cn1cc(C(=O)c2cc(N)c(Cl)c(Cl)c2)cc1C(=O)O. The first-order chi connectivity index (χ1) is 9.31. The van der Waals surface area contributed by atoms with Crippen LogP contribution in [0.4, 0.5) is 5.69 Å². The number of aryl methyl sites for hydroxylation is 1. The predicted molar refractivity (Wildman–Crippen MR) is 76.7 cm³/mol. The molecule has 2 rings (SSSR count). The molecule has 1 heterocycles. The molecule has 1 aromatic heterocycles. The van der Waals surface area contributed by atoms with Crippen molar-refractivity contribution in [3.8, 4) is 0 Å². The first-order valence-electron chi connectivity index (χ1n) is 5.50. The third-order valence-electron chi connectivity index (χ3n) is 2.80. The van der Waals surface area contributed by atoms with Crippen LogP contribution in [-0.2, 0) is 7.05 Å². The molecule has 7 heteroatoms. The number of nitrogens with two attached hydrogens (primary N) is 1. The minimum absolute atomic E-state index is 0.0152. The highest BCUT2D eigenvalue weighted by atomic mass is 35.5. The molecule has 0 fully saturated rings. The van der Waals surface area contributed by atoms with Gasteiger partial charge in [0.05, 0.1) is 15.7 Å². The molecule has 0 aliphatic carbocycles. The number of anilines is 1. The molecule has 104 valence electrons. The molecule has 3 N–H and O–H groups in total. The molecular weight excluding hydrogens is 303 g/mol. The van der Waals surface area contributed by atoms with Gasteiger partial charge in [-0.15, -0.1) is 0 Å². The molecular formula is C13H10Cl2N2O3. The summed E-state index contributed by atoms with van der Waals surface area (Å²) >= 11 is 11.7. The lowest BCUT2D eigenvalue weighted by molar-refractivity contribution is 0.0686. The molecule has 0 saturated carbocycles. The van der Waals surface area contributed by atoms with Gasteiger partial charge in [0.1, 0.15) is 5.69 Å². The summed E-state index contributed by atoms with van der Waals surface area (Å²) in [5.41, 5.74) is 6.35. The van der Waals surface area contributed by atoms with Crippen molar-refractivity contribution < 1.29 is 14.7 Å². The molecule has 20 heavy (non-hydrogen) atoms. The fourth-order valence-electron chi connectivity index (χ4n) is 1.81. The van der Waals surface area contributed by atoms with Gasteiger partial charge in [0.15, 0.2) is 5.78 Å². The van der Waals surface area contributed by atoms with E-state index in [-0.39, 0.29) is 38.3 Å². The van der Waals surface area contributed by atoms with Crippen LogP contribution in [0.25, 0.3) is 0 Å². The van der Waals surface area contributed by atoms with Gasteiger partial charge in [-0.05, 0) is 18.2 Å². The van der Waals surface area contributed by atoms with Crippen molar-refractivity contribution in [2.24, 2.45) is 7.05 Å². The van der Waals surface area contributed by atoms with Crippen LogP contribution in [0.2, 0.25) is 10.0 Å². The standard InChI is InChI=1S/C13H10Cl2N2O3/c1-17-5-7(4-10(17)13(19)20)12(18)6-2-8(14)11(15)9(16)3-6/h2-5H,16H2,1H3,(H,19,20). The number of carboxylic acids is 1. The third-order valence-corrected chi connectivity index (χ3v) is 3.62. The fraction of sp³-hybridized carbons (Fsp3) is 0.0769. The van der Waals surface area contributed by atoms with Gasteiger partial charge in [-0.25, -0.2) is 4.79 Å². The minimum atomic E-state index is -1.11. The molecule has 0 bridgehead atoms. The van der Waals surface area contributed by atoms with Crippen LogP contribution in [0.3, 0.4) is 0 Å². The van der Waals surface area contributed by atoms with Crippen molar-refractivity contribution in [1.29, 1.82) is 0 Å². The lowest BCUT2D eigenvalue weighted by Gasteiger charge is -2.04. The zero-order valence-corrected chi connectivity index (χ0v) is 11.9. The van der Waals surface area contributed by atoms with Crippen molar-refractivity contribution in [3.05, 3.63) is 51.3 Å². The molecule has 5 nitrogen and oxygen atoms in total. The monoisotopic (exact) mass is 312 g/mol. The Bertz CT molecular complexity index is 699. The summed E-state index contributed by atoms with van der Waals surface area (Å²) in [7, 11) is 1.55. The highest BCUT2D eigenvalue weighted by Gasteiger charge is 2.18. The molecule has 0 atom stereocenters. The van der Waals surface area contributed by atoms with E-state index in [1.54, 1.807) is 7.05 Å². The maximum atomic E-state index is 12.3. The molecule has 0 radical (unpaired) electrons. The summed E-state index contributed by atoms with van der Waals surface area (Å²) < 4.78 is 1.36. The summed E-state index contributed by atoms with van der Waals surface area (Å²) in [5.74, 6) is -1.49. The van der Waals surface area contributed by atoms with Crippen molar-refractivity contribution in [1.82, 2.24) is 4.57 Å². The fourth-order valence-corrected chi connectivity index (χ4v) is 2.15. The number of rotatable bonds is 3. The van der Waals surface area contributed by atoms with Gasteiger partial charge in [0.25, 0.3) is 0 Å². The zero-order valence-electron chi connectivity index (χ0n) is 10.4. The number of carbonyl (C=O) groups is 2. The molecule has 0 saturated heterocycles. The summed E-state index contributed by atoms with van der Waals surface area (Å²) in [5, 5.41) is 9.32. The number of carboxylic acid groups (broad SMARTS) is 1. The maximum absolute atomic E-state index is 12.3. The number of aromatic nitrogens is 1. The lowest BCUT2D eigenvalue weighted by atomic mass is 10.1. The highest BCUT2D eigenvalue weighted by Crippen LogP contribution is 2.30. The molecule has 0 unspecified atom stereocenters. The van der Waals surface area contributed by atoms with Gasteiger partial charge < -0.3 is 15.4 Å². The number of aromatic carboxylic acids is 1. The van der Waals surface area contributed by atoms with Crippen LogP contribution in [-0.4, -0.2) is 21.4 Å². The Morgan fingerprint density at radius 2 is 1.85 bits per heavy atom. The van der Waals surface area contributed by atoms with Gasteiger partial charge in [0, 0.05) is 24.4 Å². The van der Waals surface area contributed by atoms with Gasteiger partial charge in [0.2, 0.25) is 0 Å². The van der Waals surface area contributed by atoms with E-state index in [9.17, 15) is 9.59 Å². The molecule has 0 amide bonds. The number of ketones is 1. The van der Waals surface area contributed by atoms with E-state index in [1.165, 1.54) is 29.0 Å². The third kappa shape index (κ3) is 2.50. The quantitative estimate of drug-likeness (QED) is 0.674. The van der Waals surface area contributed by atoms with Crippen LogP contribution in [0, 0.1) is 0 Å². The molecule has 0 spiro atoms. The van der Waals surface area contributed by atoms with Crippen molar-refractivity contribution in [3.63, 3.8) is 0 Å². The van der Waals surface area contributed by atoms with Crippen molar-refractivity contribution in [2.75, 3.05) is 5.73 Å². The Labute approximate surface area is 124 Å². The number of benzene rings is 1. The molecule has 0 aliphatic rings. The van der Waals surface area contributed by atoms with Gasteiger partial charge >= 0.3 is 5.97 Å². The second kappa shape index (κ2) is 5.19. The largest absolute Gasteiger partial charge is 0.477 e. The summed E-state index contributed by atoms with van der Waals surface area (Å²) in [4.78, 5) is 23.2. The van der Waals surface area contributed by atoms with Gasteiger partial charge in [-0.1, -0.05) is 23.2 Å². The van der Waals surface area contributed by atoms with E-state index < -0.39 is 5.97 Å². The van der Waals surface area contributed by atoms with E-state index in [0.29, 0.717) is 0 Å². The van der Waals surface area contributed by atoms with E-state index >= 15 is 0 Å². The Morgan fingerprint density at radius 3 is 2.35 bits per heavy atom. The first kappa shape index (κ1) is 14.4. The number of nitrogen functional groups attached to an aromatic ring is 1. The van der Waals surface area contributed by atoms with Crippen LogP contribution >= 0.6 is 23.2 Å².